The van der Waals surface area contributed by atoms with Gasteiger partial charge < -0.3 is 9.57 Å². The summed E-state index contributed by atoms with van der Waals surface area (Å²) in [7, 11) is 0. The van der Waals surface area contributed by atoms with Crippen LogP contribution in [0.25, 0.3) is 0 Å². The molecule has 1 aliphatic heterocycles. The lowest BCUT2D eigenvalue weighted by atomic mass is 10.1. The fraction of sp³-hybridized carbons (Fsp3) is 0.286. The van der Waals surface area contributed by atoms with Crippen LogP contribution < -0.4 is 0 Å². The average molecular weight is 291 g/mol. The lowest BCUT2D eigenvalue weighted by Gasteiger charge is -2.19. The zero-order valence-electron chi connectivity index (χ0n) is 11.3. The molecule has 0 spiro atoms. The van der Waals surface area contributed by atoms with Crippen LogP contribution in [0.2, 0.25) is 0 Å². The highest BCUT2D eigenvalue weighted by molar-refractivity contribution is 6.01. The van der Waals surface area contributed by atoms with E-state index in [4.69, 9.17) is 9.57 Å². The van der Waals surface area contributed by atoms with E-state index in [1.165, 1.54) is 0 Å². The third-order valence-corrected chi connectivity index (χ3v) is 2.79. The average Bonchev–Trinajstić information content (AvgIpc) is 2.77. The molecule has 0 N–H and O–H groups in total. The van der Waals surface area contributed by atoms with Crippen LogP contribution in [0.15, 0.2) is 30.3 Å². The van der Waals surface area contributed by atoms with Crippen LogP contribution in [-0.4, -0.2) is 28.8 Å². The molecule has 0 aliphatic carbocycles. The Morgan fingerprint density at radius 3 is 2.19 bits per heavy atom. The first kappa shape index (κ1) is 14.7. The van der Waals surface area contributed by atoms with Crippen molar-refractivity contribution in [1.82, 2.24) is 5.06 Å². The molecule has 0 saturated carbocycles. The minimum absolute atomic E-state index is 0.00428. The van der Waals surface area contributed by atoms with Crippen LogP contribution in [0, 0.1) is 0 Å². The molecule has 0 bridgehead atoms. The number of imide groups is 1. The van der Waals surface area contributed by atoms with Crippen molar-refractivity contribution < 1.29 is 28.8 Å². The molecule has 1 atom stereocenters. The van der Waals surface area contributed by atoms with E-state index in [0.29, 0.717) is 10.6 Å². The molecule has 2 rings (SSSR count). The maximum absolute atomic E-state index is 12.1. The van der Waals surface area contributed by atoms with Gasteiger partial charge in [-0.2, -0.15) is 0 Å². The number of ether oxygens (including phenoxy) is 1. The molecule has 1 heterocycles. The van der Waals surface area contributed by atoms with Crippen LogP contribution in [0.1, 0.15) is 31.4 Å². The van der Waals surface area contributed by atoms with Gasteiger partial charge in [-0.05, 0) is 0 Å². The van der Waals surface area contributed by atoms with Gasteiger partial charge in [0.2, 0.25) is 6.10 Å². The first-order valence-corrected chi connectivity index (χ1v) is 6.29. The largest absolute Gasteiger partial charge is 0.445 e. The van der Waals surface area contributed by atoms with E-state index in [0.717, 1.165) is 6.92 Å². The van der Waals surface area contributed by atoms with Gasteiger partial charge in [0.25, 0.3) is 11.8 Å². The van der Waals surface area contributed by atoms with Gasteiger partial charge in [-0.15, -0.1) is 5.06 Å². The minimum atomic E-state index is -1.33. The van der Waals surface area contributed by atoms with Crippen molar-refractivity contribution in [2.75, 3.05) is 0 Å². The number of amides is 2. The molecule has 2 amide bonds. The number of esters is 1. The standard InChI is InChI=1S/C14H13NO6/c1-9(16)20-13(10-5-3-2-4-6-10)14(19)21-15-11(17)7-8-12(15)18/h2-6,13H,7-8H2,1H3/t13-/m1/s1. The van der Waals surface area contributed by atoms with Gasteiger partial charge in [0.05, 0.1) is 0 Å². The third-order valence-electron chi connectivity index (χ3n) is 2.79. The summed E-state index contributed by atoms with van der Waals surface area (Å²) < 4.78 is 4.92. The summed E-state index contributed by atoms with van der Waals surface area (Å²) in [5.41, 5.74) is 0.386. The second-order valence-electron chi connectivity index (χ2n) is 4.39. The van der Waals surface area contributed by atoms with E-state index in [1.807, 2.05) is 0 Å². The van der Waals surface area contributed by atoms with Crippen LogP contribution in [0.3, 0.4) is 0 Å². The summed E-state index contributed by atoms with van der Waals surface area (Å²) in [5, 5.41) is 0.418. The Balaban J connectivity index is 2.17. The van der Waals surface area contributed by atoms with Gasteiger partial charge in [-0.25, -0.2) is 4.79 Å². The van der Waals surface area contributed by atoms with Gasteiger partial charge in [-0.1, -0.05) is 30.3 Å². The fourth-order valence-corrected chi connectivity index (χ4v) is 1.84. The van der Waals surface area contributed by atoms with E-state index in [1.54, 1.807) is 30.3 Å². The van der Waals surface area contributed by atoms with Gasteiger partial charge in [0, 0.05) is 25.3 Å². The van der Waals surface area contributed by atoms with Crippen LogP contribution in [-0.2, 0) is 28.8 Å². The highest BCUT2D eigenvalue weighted by atomic mass is 16.7. The summed E-state index contributed by atoms with van der Waals surface area (Å²) in [6, 6.07) is 8.19. The first-order valence-electron chi connectivity index (χ1n) is 6.29. The molecule has 7 heteroatoms. The molecule has 1 saturated heterocycles. The maximum Gasteiger partial charge on any atom is 0.378 e. The molecule has 7 nitrogen and oxygen atoms in total. The molecule has 0 aromatic heterocycles. The minimum Gasteiger partial charge on any atom is -0.445 e. The van der Waals surface area contributed by atoms with Gasteiger partial charge in [-0.3, -0.25) is 14.4 Å². The Hall–Kier alpha value is -2.70. The number of benzene rings is 1. The molecule has 1 aliphatic rings. The second-order valence-corrected chi connectivity index (χ2v) is 4.39. The molecule has 0 radical (unpaired) electrons. The quantitative estimate of drug-likeness (QED) is 0.604. The van der Waals surface area contributed by atoms with Crippen molar-refractivity contribution >= 4 is 23.8 Å². The van der Waals surface area contributed by atoms with E-state index in [9.17, 15) is 19.2 Å². The topological polar surface area (TPSA) is 90.0 Å². The number of hydrogen-bond acceptors (Lipinski definition) is 6. The van der Waals surface area contributed by atoms with Crippen molar-refractivity contribution in [3.8, 4) is 0 Å². The lowest BCUT2D eigenvalue weighted by molar-refractivity contribution is -0.206. The smallest absolute Gasteiger partial charge is 0.378 e. The lowest BCUT2D eigenvalue weighted by Crippen LogP contribution is -2.35. The van der Waals surface area contributed by atoms with Crippen LogP contribution in [0.5, 0.6) is 0 Å². The second kappa shape index (κ2) is 6.17. The van der Waals surface area contributed by atoms with Crippen molar-refractivity contribution in [2.45, 2.75) is 25.9 Å². The highest BCUT2D eigenvalue weighted by Gasteiger charge is 2.36. The molecule has 0 unspecified atom stereocenters. The number of nitrogens with zero attached hydrogens (tertiary/aromatic N) is 1. The molecule has 1 fully saturated rings. The zero-order chi connectivity index (χ0) is 15.4. The fourth-order valence-electron chi connectivity index (χ4n) is 1.84. The Morgan fingerprint density at radius 2 is 1.67 bits per heavy atom. The third kappa shape index (κ3) is 3.44. The normalized spacial score (nSPS) is 15.8. The molecular weight excluding hydrogens is 278 g/mol. The van der Waals surface area contributed by atoms with E-state index in [-0.39, 0.29) is 12.8 Å². The van der Waals surface area contributed by atoms with E-state index >= 15 is 0 Å². The predicted molar refractivity (Wildman–Crippen MR) is 68.1 cm³/mol. The summed E-state index contributed by atoms with van der Waals surface area (Å²) in [5.74, 6) is -2.87. The number of hydroxylamine groups is 2. The van der Waals surface area contributed by atoms with Crippen molar-refractivity contribution in [3.05, 3.63) is 35.9 Å². The molecule has 1 aromatic rings. The van der Waals surface area contributed by atoms with Gasteiger partial charge in [0.1, 0.15) is 0 Å². The SMILES string of the molecule is CC(=O)O[C@@H](C(=O)ON1C(=O)CCC1=O)c1ccccc1. The van der Waals surface area contributed by atoms with E-state index < -0.39 is 29.9 Å². The first-order chi connectivity index (χ1) is 9.99. The van der Waals surface area contributed by atoms with Crippen LogP contribution >= 0.6 is 0 Å². The predicted octanol–water partition coefficient (Wildman–Crippen LogP) is 0.898. The molecule has 110 valence electrons. The monoisotopic (exact) mass is 291 g/mol. The molecular formula is C14H13NO6. The molecule has 1 aromatic carbocycles. The summed E-state index contributed by atoms with van der Waals surface area (Å²) in [4.78, 5) is 50.8. The zero-order valence-corrected chi connectivity index (χ0v) is 11.3. The number of carbonyl (C=O) groups is 4. The van der Waals surface area contributed by atoms with Gasteiger partial charge >= 0.3 is 11.9 Å². The van der Waals surface area contributed by atoms with Crippen molar-refractivity contribution in [1.29, 1.82) is 0 Å². The summed E-state index contributed by atoms with van der Waals surface area (Å²) in [6.07, 6.45) is -1.34. The Labute approximate surface area is 120 Å². The van der Waals surface area contributed by atoms with E-state index in [2.05, 4.69) is 0 Å². The molecule has 21 heavy (non-hydrogen) atoms. The summed E-state index contributed by atoms with van der Waals surface area (Å²) >= 11 is 0. The maximum atomic E-state index is 12.1. The summed E-state index contributed by atoms with van der Waals surface area (Å²) in [6.45, 7) is 1.15. The highest BCUT2D eigenvalue weighted by Crippen LogP contribution is 2.21. The van der Waals surface area contributed by atoms with Crippen molar-refractivity contribution in [2.24, 2.45) is 0 Å². The van der Waals surface area contributed by atoms with Crippen molar-refractivity contribution in [3.63, 3.8) is 0 Å². The Morgan fingerprint density at radius 1 is 1.10 bits per heavy atom. The van der Waals surface area contributed by atoms with Gasteiger partial charge in [0.15, 0.2) is 0 Å². The van der Waals surface area contributed by atoms with Crippen LogP contribution in [0.4, 0.5) is 0 Å². The number of rotatable bonds is 4. The number of carbonyl (C=O) groups excluding carboxylic acids is 4. The number of hydrogen-bond donors (Lipinski definition) is 0. The Kier molecular flexibility index (Phi) is 4.32. The Bertz CT molecular complexity index is 566.